The molecule has 1 saturated carbocycles. The maximum Gasteiger partial charge on any atom is 0.418 e. The molecular formula is C17H22F3N3O2. The second-order valence-corrected chi connectivity index (χ2v) is 6.84. The van der Waals surface area contributed by atoms with Gasteiger partial charge in [0, 0.05) is 24.8 Å². The van der Waals surface area contributed by atoms with Crippen molar-refractivity contribution in [3.05, 3.63) is 29.8 Å². The van der Waals surface area contributed by atoms with Gasteiger partial charge in [0.15, 0.2) is 0 Å². The largest absolute Gasteiger partial charge is 0.418 e. The number of amides is 2. The molecule has 2 amide bonds. The zero-order valence-electron chi connectivity index (χ0n) is 13.8. The van der Waals surface area contributed by atoms with Gasteiger partial charge in [0.25, 0.3) is 0 Å². The molecule has 0 bridgehead atoms. The Hall–Kier alpha value is -1.96. The maximum atomic E-state index is 13.1. The highest BCUT2D eigenvalue weighted by Gasteiger charge is 2.39. The van der Waals surface area contributed by atoms with Crippen LogP contribution in [0.1, 0.15) is 31.2 Å². The first-order valence-electron chi connectivity index (χ1n) is 8.44. The standard InChI is InChI=1S/C17H22F3N3O2/c18-17(19,20)13-4-1-2-5-14(13)23-9-6-12(10-23)21-15(25)22-16(11-24)7-3-8-16/h1-2,4-5,12,24H,3,6-11H2,(H2,21,22,25). The molecule has 1 heterocycles. The third kappa shape index (κ3) is 3.84. The Morgan fingerprint density at radius 2 is 2.04 bits per heavy atom. The van der Waals surface area contributed by atoms with Crippen molar-refractivity contribution < 1.29 is 23.1 Å². The van der Waals surface area contributed by atoms with E-state index < -0.39 is 17.3 Å². The second kappa shape index (κ2) is 6.74. The predicted octanol–water partition coefficient (Wildman–Crippen LogP) is 2.50. The van der Waals surface area contributed by atoms with Crippen LogP contribution in [-0.2, 0) is 6.18 Å². The first kappa shape index (κ1) is 17.8. The highest BCUT2D eigenvalue weighted by molar-refractivity contribution is 5.75. The average molecular weight is 357 g/mol. The number of anilines is 1. The number of urea groups is 1. The van der Waals surface area contributed by atoms with E-state index in [0.717, 1.165) is 25.3 Å². The number of para-hydroxylation sites is 1. The van der Waals surface area contributed by atoms with E-state index >= 15 is 0 Å². The molecule has 2 fully saturated rings. The molecule has 138 valence electrons. The van der Waals surface area contributed by atoms with Crippen LogP contribution in [0.5, 0.6) is 0 Å². The molecule has 3 N–H and O–H groups in total. The summed E-state index contributed by atoms with van der Waals surface area (Å²) in [4.78, 5) is 13.8. The lowest BCUT2D eigenvalue weighted by Crippen LogP contribution is -2.59. The second-order valence-electron chi connectivity index (χ2n) is 6.84. The zero-order valence-corrected chi connectivity index (χ0v) is 13.8. The molecule has 25 heavy (non-hydrogen) atoms. The quantitative estimate of drug-likeness (QED) is 0.776. The Balaban J connectivity index is 1.60. The van der Waals surface area contributed by atoms with Gasteiger partial charge in [-0.1, -0.05) is 12.1 Å². The lowest BCUT2D eigenvalue weighted by Gasteiger charge is -2.41. The number of hydrogen-bond acceptors (Lipinski definition) is 3. The van der Waals surface area contributed by atoms with Gasteiger partial charge in [0.1, 0.15) is 0 Å². The van der Waals surface area contributed by atoms with Crippen molar-refractivity contribution >= 4 is 11.7 Å². The normalized spacial score (nSPS) is 22.4. The summed E-state index contributed by atoms with van der Waals surface area (Å²) in [5.74, 6) is 0. The number of alkyl halides is 3. The number of hydrogen-bond donors (Lipinski definition) is 3. The highest BCUT2D eigenvalue weighted by atomic mass is 19.4. The third-order valence-electron chi connectivity index (χ3n) is 5.07. The highest BCUT2D eigenvalue weighted by Crippen LogP contribution is 2.37. The van der Waals surface area contributed by atoms with Crippen molar-refractivity contribution in [2.45, 2.75) is 43.4 Å². The van der Waals surface area contributed by atoms with Gasteiger partial charge in [-0.25, -0.2) is 4.79 Å². The van der Waals surface area contributed by atoms with Crippen LogP contribution < -0.4 is 15.5 Å². The molecule has 1 aliphatic heterocycles. The number of nitrogens with one attached hydrogen (secondary N) is 2. The summed E-state index contributed by atoms with van der Waals surface area (Å²) in [7, 11) is 0. The Morgan fingerprint density at radius 3 is 2.64 bits per heavy atom. The lowest BCUT2D eigenvalue weighted by molar-refractivity contribution is -0.137. The van der Waals surface area contributed by atoms with E-state index in [1.54, 1.807) is 11.0 Å². The Labute approximate surface area is 144 Å². The van der Waals surface area contributed by atoms with Crippen molar-refractivity contribution in [1.29, 1.82) is 0 Å². The minimum atomic E-state index is -4.41. The summed E-state index contributed by atoms with van der Waals surface area (Å²) in [6, 6.07) is 4.89. The summed E-state index contributed by atoms with van der Waals surface area (Å²) in [5.41, 5.74) is -1.05. The van der Waals surface area contributed by atoms with E-state index in [9.17, 15) is 23.1 Å². The number of rotatable bonds is 4. The summed E-state index contributed by atoms with van der Waals surface area (Å²) in [5, 5.41) is 15.0. The summed E-state index contributed by atoms with van der Waals surface area (Å²) >= 11 is 0. The van der Waals surface area contributed by atoms with Gasteiger partial charge in [0.2, 0.25) is 0 Å². The van der Waals surface area contributed by atoms with Gasteiger partial charge >= 0.3 is 12.2 Å². The fourth-order valence-corrected chi connectivity index (χ4v) is 3.47. The van der Waals surface area contributed by atoms with Crippen LogP contribution in [0.2, 0.25) is 0 Å². The smallest absolute Gasteiger partial charge is 0.394 e. The SMILES string of the molecule is O=C(NC1CCN(c2ccccc2C(F)(F)F)C1)NC1(CO)CCC1. The fourth-order valence-electron chi connectivity index (χ4n) is 3.47. The van der Waals surface area contributed by atoms with Crippen LogP contribution in [0.4, 0.5) is 23.7 Å². The molecule has 0 radical (unpaired) electrons. The molecule has 0 spiro atoms. The molecule has 1 aliphatic carbocycles. The molecule has 5 nitrogen and oxygen atoms in total. The van der Waals surface area contributed by atoms with Crippen molar-refractivity contribution in [1.82, 2.24) is 10.6 Å². The predicted molar refractivity (Wildman–Crippen MR) is 87.4 cm³/mol. The number of halogens is 3. The van der Waals surface area contributed by atoms with Gasteiger partial charge in [-0.15, -0.1) is 0 Å². The van der Waals surface area contributed by atoms with Crippen LogP contribution in [0.15, 0.2) is 24.3 Å². The van der Waals surface area contributed by atoms with Crippen LogP contribution >= 0.6 is 0 Å². The average Bonchev–Trinajstić information content (AvgIpc) is 2.98. The summed E-state index contributed by atoms with van der Waals surface area (Å²) in [6.07, 6.45) is -1.38. The number of nitrogens with zero attached hydrogens (tertiary/aromatic N) is 1. The van der Waals surface area contributed by atoms with Crippen LogP contribution in [-0.4, -0.2) is 42.4 Å². The van der Waals surface area contributed by atoms with E-state index in [2.05, 4.69) is 10.6 Å². The van der Waals surface area contributed by atoms with Crippen LogP contribution in [0, 0.1) is 0 Å². The number of carbonyl (C=O) groups is 1. The molecule has 1 atom stereocenters. The molecule has 2 aliphatic rings. The van der Waals surface area contributed by atoms with Crippen molar-refractivity contribution in [3.63, 3.8) is 0 Å². The lowest BCUT2D eigenvalue weighted by atomic mass is 9.77. The molecular weight excluding hydrogens is 335 g/mol. The van der Waals surface area contributed by atoms with Gasteiger partial charge in [0.05, 0.1) is 17.7 Å². The van der Waals surface area contributed by atoms with E-state index in [4.69, 9.17) is 0 Å². The van der Waals surface area contributed by atoms with Crippen LogP contribution in [0.3, 0.4) is 0 Å². The van der Waals surface area contributed by atoms with E-state index in [-0.39, 0.29) is 24.4 Å². The number of carbonyl (C=O) groups excluding carboxylic acids is 1. The molecule has 0 aromatic heterocycles. The molecule has 8 heteroatoms. The monoisotopic (exact) mass is 357 g/mol. The van der Waals surface area contributed by atoms with E-state index in [1.807, 2.05) is 0 Å². The number of aliphatic hydroxyl groups is 1. The molecule has 1 saturated heterocycles. The van der Waals surface area contributed by atoms with Crippen molar-refractivity contribution in [2.24, 2.45) is 0 Å². The summed E-state index contributed by atoms with van der Waals surface area (Å²) < 4.78 is 39.4. The van der Waals surface area contributed by atoms with Crippen molar-refractivity contribution in [3.8, 4) is 0 Å². The third-order valence-corrected chi connectivity index (χ3v) is 5.07. The van der Waals surface area contributed by atoms with Gasteiger partial charge in [-0.2, -0.15) is 13.2 Å². The molecule has 1 aromatic rings. The fraction of sp³-hybridized carbons (Fsp3) is 0.588. The van der Waals surface area contributed by atoms with Crippen LogP contribution in [0.25, 0.3) is 0 Å². The van der Waals surface area contributed by atoms with Gasteiger partial charge < -0.3 is 20.6 Å². The number of benzene rings is 1. The first-order chi connectivity index (χ1) is 11.8. The summed E-state index contributed by atoms with van der Waals surface area (Å²) in [6.45, 7) is 0.673. The Kier molecular flexibility index (Phi) is 4.81. The topological polar surface area (TPSA) is 64.6 Å². The Morgan fingerprint density at radius 1 is 1.32 bits per heavy atom. The Bertz CT molecular complexity index is 626. The van der Waals surface area contributed by atoms with E-state index in [1.165, 1.54) is 12.1 Å². The minimum Gasteiger partial charge on any atom is -0.394 e. The first-order valence-corrected chi connectivity index (χ1v) is 8.44. The molecule has 3 rings (SSSR count). The molecule has 1 aromatic carbocycles. The van der Waals surface area contributed by atoms with Gasteiger partial charge in [-0.05, 0) is 37.8 Å². The van der Waals surface area contributed by atoms with Gasteiger partial charge in [-0.3, -0.25) is 0 Å². The van der Waals surface area contributed by atoms with E-state index in [0.29, 0.717) is 19.5 Å². The van der Waals surface area contributed by atoms with Crippen molar-refractivity contribution in [2.75, 3.05) is 24.6 Å². The zero-order chi connectivity index (χ0) is 18.1. The minimum absolute atomic E-state index is 0.101. The number of aliphatic hydroxyl groups excluding tert-OH is 1. The molecule has 1 unspecified atom stereocenters. The maximum absolute atomic E-state index is 13.1.